The van der Waals surface area contributed by atoms with E-state index in [0.717, 1.165) is 17.7 Å². The number of rotatable bonds is 6. The summed E-state index contributed by atoms with van der Waals surface area (Å²) in [5.74, 6) is 0.681. The van der Waals surface area contributed by atoms with Crippen molar-refractivity contribution in [1.82, 2.24) is 0 Å². The minimum atomic E-state index is -3.46. The van der Waals surface area contributed by atoms with E-state index in [1.807, 2.05) is 19.9 Å². The molecule has 0 bridgehead atoms. The van der Waals surface area contributed by atoms with Crippen LogP contribution >= 0.6 is 0 Å². The molecule has 21 heavy (non-hydrogen) atoms. The minimum Gasteiger partial charge on any atom is -0.493 e. The summed E-state index contributed by atoms with van der Waals surface area (Å²) in [7, 11) is -3.46. The second-order valence-electron chi connectivity index (χ2n) is 6.65. The van der Waals surface area contributed by atoms with Gasteiger partial charge in [0.05, 0.1) is 12.4 Å². The molecule has 0 amide bonds. The van der Waals surface area contributed by atoms with Gasteiger partial charge in [-0.3, -0.25) is 0 Å². The van der Waals surface area contributed by atoms with Crippen molar-refractivity contribution in [3.63, 3.8) is 0 Å². The van der Waals surface area contributed by atoms with Crippen molar-refractivity contribution in [3.8, 4) is 5.75 Å². The van der Waals surface area contributed by atoms with Crippen molar-refractivity contribution in [2.45, 2.75) is 46.5 Å². The largest absolute Gasteiger partial charge is 0.493 e. The van der Waals surface area contributed by atoms with Crippen molar-refractivity contribution in [2.75, 3.05) is 12.4 Å². The summed E-state index contributed by atoms with van der Waals surface area (Å²) in [6, 6.07) is 6.14. The van der Waals surface area contributed by atoms with Gasteiger partial charge < -0.3 is 4.74 Å². The summed E-state index contributed by atoms with van der Waals surface area (Å²) in [4.78, 5) is 0. The third-order valence-electron chi connectivity index (χ3n) is 3.56. The van der Waals surface area contributed by atoms with Gasteiger partial charge in [0.2, 0.25) is 10.0 Å². The van der Waals surface area contributed by atoms with Crippen LogP contribution in [0.5, 0.6) is 5.75 Å². The Balaban J connectivity index is 2.76. The van der Waals surface area contributed by atoms with Crippen LogP contribution in [0.1, 0.15) is 45.2 Å². The van der Waals surface area contributed by atoms with Gasteiger partial charge in [0.15, 0.2) is 0 Å². The monoisotopic (exact) mass is 313 g/mol. The van der Waals surface area contributed by atoms with Crippen molar-refractivity contribution >= 4 is 10.0 Å². The molecule has 0 saturated carbocycles. The summed E-state index contributed by atoms with van der Waals surface area (Å²) in [5, 5.41) is 5.10. The van der Waals surface area contributed by atoms with Gasteiger partial charge in [0.25, 0.3) is 0 Å². The van der Waals surface area contributed by atoms with Gasteiger partial charge in [-0.25, -0.2) is 13.6 Å². The molecule has 0 aliphatic heterocycles. The molecule has 0 saturated heterocycles. The highest BCUT2D eigenvalue weighted by atomic mass is 32.2. The number of hydrogen-bond acceptors (Lipinski definition) is 3. The highest BCUT2D eigenvalue weighted by Gasteiger charge is 2.17. The van der Waals surface area contributed by atoms with E-state index in [1.54, 1.807) is 0 Å². The Kier molecular flexibility index (Phi) is 5.82. The molecule has 0 aromatic heterocycles. The fourth-order valence-corrected chi connectivity index (χ4v) is 3.09. The van der Waals surface area contributed by atoms with Gasteiger partial charge in [-0.05, 0) is 36.0 Å². The molecule has 0 spiro atoms. The lowest BCUT2D eigenvalue weighted by Crippen LogP contribution is -2.26. The van der Waals surface area contributed by atoms with Gasteiger partial charge in [0.1, 0.15) is 5.75 Å². The molecule has 5 heteroatoms. The molecule has 0 fully saturated rings. The van der Waals surface area contributed by atoms with Crippen LogP contribution in [-0.2, 0) is 15.4 Å². The first kappa shape index (κ1) is 18.0. The first-order valence-corrected chi connectivity index (χ1v) is 8.99. The van der Waals surface area contributed by atoms with Gasteiger partial charge >= 0.3 is 0 Å². The fourth-order valence-electron chi connectivity index (χ4n) is 2.10. The molecule has 0 radical (unpaired) electrons. The number of primary sulfonamides is 1. The molecule has 1 rings (SSSR count). The molecule has 120 valence electrons. The molecule has 0 heterocycles. The van der Waals surface area contributed by atoms with Gasteiger partial charge in [-0.1, -0.05) is 39.8 Å². The average molecular weight is 313 g/mol. The standard InChI is InChI=1S/C16H27NO3S/c1-6-13(11-21(17,18)19)10-20-15-8-7-14(9-12(15)2)16(3,4)5/h7-9,13H,6,10-11H2,1-5H3,(H2,17,18,19). The van der Waals surface area contributed by atoms with Crippen LogP contribution in [0.2, 0.25) is 0 Å². The third-order valence-corrected chi connectivity index (χ3v) is 4.50. The average Bonchev–Trinajstić information content (AvgIpc) is 2.33. The predicted molar refractivity (Wildman–Crippen MR) is 87.1 cm³/mol. The lowest BCUT2D eigenvalue weighted by atomic mass is 9.86. The Morgan fingerprint density at radius 3 is 2.33 bits per heavy atom. The van der Waals surface area contributed by atoms with E-state index in [9.17, 15) is 8.42 Å². The van der Waals surface area contributed by atoms with Gasteiger partial charge in [0, 0.05) is 5.92 Å². The number of hydrogen-bond donors (Lipinski definition) is 1. The molecule has 1 aromatic carbocycles. The zero-order valence-electron chi connectivity index (χ0n) is 13.6. The summed E-state index contributed by atoms with van der Waals surface area (Å²) < 4.78 is 28.1. The molecule has 0 aliphatic carbocycles. The van der Waals surface area contributed by atoms with Crippen LogP contribution < -0.4 is 9.88 Å². The summed E-state index contributed by atoms with van der Waals surface area (Å²) >= 11 is 0. The Morgan fingerprint density at radius 2 is 1.90 bits per heavy atom. The maximum atomic E-state index is 11.2. The highest BCUT2D eigenvalue weighted by molar-refractivity contribution is 7.89. The SMILES string of the molecule is CCC(COc1ccc(C(C)(C)C)cc1C)CS(N)(=O)=O. The van der Waals surface area contributed by atoms with E-state index in [2.05, 4.69) is 32.9 Å². The van der Waals surface area contributed by atoms with E-state index in [1.165, 1.54) is 5.56 Å². The quantitative estimate of drug-likeness (QED) is 0.877. The first-order chi connectivity index (χ1) is 9.53. The molecule has 1 aromatic rings. The number of nitrogens with two attached hydrogens (primary N) is 1. The minimum absolute atomic E-state index is 0.0391. The Bertz CT molecular complexity index is 574. The molecule has 1 atom stereocenters. The first-order valence-electron chi connectivity index (χ1n) is 7.27. The maximum absolute atomic E-state index is 11.2. The second kappa shape index (κ2) is 6.79. The molecule has 0 aliphatic rings. The topological polar surface area (TPSA) is 69.4 Å². The smallest absolute Gasteiger partial charge is 0.209 e. The van der Waals surface area contributed by atoms with E-state index in [4.69, 9.17) is 9.88 Å². The fraction of sp³-hybridized carbons (Fsp3) is 0.625. The van der Waals surface area contributed by atoms with Crippen LogP contribution in [0.4, 0.5) is 0 Å². The third kappa shape index (κ3) is 6.06. The Hall–Kier alpha value is -1.07. The molecule has 4 nitrogen and oxygen atoms in total. The highest BCUT2D eigenvalue weighted by Crippen LogP contribution is 2.27. The van der Waals surface area contributed by atoms with Crippen molar-refractivity contribution < 1.29 is 13.2 Å². The van der Waals surface area contributed by atoms with Crippen LogP contribution in [0.15, 0.2) is 18.2 Å². The van der Waals surface area contributed by atoms with Gasteiger partial charge in [-0.15, -0.1) is 0 Å². The van der Waals surface area contributed by atoms with Crippen LogP contribution in [0.3, 0.4) is 0 Å². The van der Waals surface area contributed by atoms with Crippen LogP contribution in [0.25, 0.3) is 0 Å². The molecular formula is C16H27NO3S. The van der Waals surface area contributed by atoms with Gasteiger partial charge in [-0.2, -0.15) is 0 Å². The van der Waals surface area contributed by atoms with Crippen LogP contribution in [-0.4, -0.2) is 20.8 Å². The number of sulfonamides is 1. The van der Waals surface area contributed by atoms with E-state index >= 15 is 0 Å². The number of aryl methyl sites for hydroxylation is 1. The lowest BCUT2D eigenvalue weighted by Gasteiger charge is -2.21. The Morgan fingerprint density at radius 1 is 1.29 bits per heavy atom. The lowest BCUT2D eigenvalue weighted by molar-refractivity contribution is 0.256. The van der Waals surface area contributed by atoms with E-state index in [0.29, 0.717) is 6.61 Å². The maximum Gasteiger partial charge on any atom is 0.209 e. The molecule has 1 unspecified atom stereocenters. The second-order valence-corrected chi connectivity index (χ2v) is 8.30. The predicted octanol–water partition coefficient (Wildman–Crippen LogP) is 2.99. The summed E-state index contributed by atoms with van der Waals surface area (Å²) in [6.45, 7) is 10.8. The number of benzene rings is 1. The summed E-state index contributed by atoms with van der Waals surface area (Å²) in [6.07, 6.45) is 0.718. The molecular weight excluding hydrogens is 286 g/mol. The van der Waals surface area contributed by atoms with E-state index < -0.39 is 10.0 Å². The van der Waals surface area contributed by atoms with Crippen molar-refractivity contribution in [3.05, 3.63) is 29.3 Å². The van der Waals surface area contributed by atoms with Crippen molar-refractivity contribution in [2.24, 2.45) is 11.1 Å². The summed E-state index contributed by atoms with van der Waals surface area (Å²) in [5.41, 5.74) is 2.42. The van der Waals surface area contributed by atoms with E-state index in [-0.39, 0.29) is 17.1 Å². The molecule has 2 N–H and O–H groups in total. The zero-order chi connectivity index (χ0) is 16.3. The van der Waals surface area contributed by atoms with Crippen LogP contribution in [0, 0.1) is 12.8 Å². The number of ether oxygens (including phenoxy) is 1. The zero-order valence-corrected chi connectivity index (χ0v) is 14.5. The Labute approximate surface area is 128 Å². The normalized spacial score (nSPS) is 14.0. The van der Waals surface area contributed by atoms with Crippen molar-refractivity contribution in [1.29, 1.82) is 0 Å².